The second kappa shape index (κ2) is 6.88. The average molecular weight is 286 g/mol. The minimum Gasteiger partial charge on any atom is -0.398 e. The van der Waals surface area contributed by atoms with Crippen LogP contribution in [-0.2, 0) is 10.0 Å². The van der Waals surface area contributed by atoms with E-state index in [1.54, 1.807) is 12.1 Å². The molecule has 0 amide bonds. The van der Waals surface area contributed by atoms with Crippen LogP contribution in [0.1, 0.15) is 25.3 Å². The van der Waals surface area contributed by atoms with Gasteiger partial charge in [-0.3, -0.25) is 0 Å². The molecule has 1 aromatic rings. The lowest BCUT2D eigenvalue weighted by Crippen LogP contribution is -2.26. The SMILES string of the molecule is Cc1ccc(S(=O)(=O)NCCCC(C)CO)c(N)c1. The number of sulfonamides is 1. The number of aliphatic hydroxyl groups excluding tert-OH is 1. The summed E-state index contributed by atoms with van der Waals surface area (Å²) in [6.07, 6.45) is 1.47. The quantitative estimate of drug-likeness (QED) is 0.520. The van der Waals surface area contributed by atoms with Crippen LogP contribution >= 0.6 is 0 Å². The lowest BCUT2D eigenvalue weighted by molar-refractivity contribution is 0.228. The second-order valence-electron chi connectivity index (χ2n) is 4.87. The molecular weight excluding hydrogens is 264 g/mol. The van der Waals surface area contributed by atoms with Crippen molar-refractivity contribution in [1.82, 2.24) is 4.72 Å². The highest BCUT2D eigenvalue weighted by atomic mass is 32.2. The minimum absolute atomic E-state index is 0.119. The number of anilines is 1. The van der Waals surface area contributed by atoms with E-state index in [0.29, 0.717) is 13.0 Å². The highest BCUT2D eigenvalue weighted by Gasteiger charge is 2.16. The molecule has 0 spiro atoms. The van der Waals surface area contributed by atoms with Crippen molar-refractivity contribution in [2.45, 2.75) is 31.6 Å². The molecule has 1 aromatic carbocycles. The Morgan fingerprint density at radius 1 is 1.42 bits per heavy atom. The number of aryl methyl sites for hydroxylation is 1. The first-order valence-corrected chi connectivity index (χ1v) is 7.82. The van der Waals surface area contributed by atoms with Gasteiger partial charge in [-0.2, -0.15) is 0 Å². The van der Waals surface area contributed by atoms with Gasteiger partial charge in [0.1, 0.15) is 4.90 Å². The Kier molecular flexibility index (Phi) is 5.78. The normalized spacial score (nSPS) is 13.4. The van der Waals surface area contributed by atoms with E-state index in [-0.39, 0.29) is 23.1 Å². The number of benzene rings is 1. The summed E-state index contributed by atoms with van der Waals surface area (Å²) in [5.41, 5.74) is 6.91. The van der Waals surface area contributed by atoms with Crippen LogP contribution < -0.4 is 10.5 Å². The molecule has 0 aliphatic heterocycles. The standard InChI is InChI=1S/C13H22N2O3S/c1-10-5-6-13(12(14)8-10)19(17,18)15-7-3-4-11(2)9-16/h5-6,8,11,15-16H,3-4,7,9,14H2,1-2H3. The summed E-state index contributed by atoms with van der Waals surface area (Å²) in [7, 11) is -3.55. The number of hydrogen-bond acceptors (Lipinski definition) is 4. The molecule has 1 atom stereocenters. The van der Waals surface area contributed by atoms with Gasteiger partial charge in [-0.15, -0.1) is 0 Å². The van der Waals surface area contributed by atoms with E-state index >= 15 is 0 Å². The molecule has 0 fully saturated rings. The molecule has 4 N–H and O–H groups in total. The van der Waals surface area contributed by atoms with Crippen LogP contribution in [-0.4, -0.2) is 26.7 Å². The average Bonchev–Trinajstić information content (AvgIpc) is 2.33. The summed E-state index contributed by atoms with van der Waals surface area (Å²) in [5.74, 6) is 0.189. The molecule has 0 bridgehead atoms. The Morgan fingerprint density at radius 2 is 2.11 bits per heavy atom. The van der Waals surface area contributed by atoms with E-state index in [1.165, 1.54) is 6.07 Å². The first-order valence-electron chi connectivity index (χ1n) is 6.33. The number of nitrogen functional groups attached to an aromatic ring is 1. The summed E-state index contributed by atoms with van der Waals surface area (Å²) in [6.45, 7) is 4.25. The molecule has 0 aliphatic rings. The molecule has 0 aliphatic carbocycles. The number of nitrogens with two attached hydrogens (primary N) is 1. The van der Waals surface area contributed by atoms with E-state index in [2.05, 4.69) is 4.72 Å². The van der Waals surface area contributed by atoms with Crippen LogP contribution in [0, 0.1) is 12.8 Å². The fourth-order valence-corrected chi connectivity index (χ4v) is 2.92. The number of aliphatic hydroxyl groups is 1. The van der Waals surface area contributed by atoms with Crippen LogP contribution in [0.25, 0.3) is 0 Å². The highest BCUT2D eigenvalue weighted by molar-refractivity contribution is 7.89. The first-order chi connectivity index (χ1) is 8.86. The van der Waals surface area contributed by atoms with Gasteiger partial charge >= 0.3 is 0 Å². The molecule has 0 radical (unpaired) electrons. The van der Waals surface area contributed by atoms with Crippen molar-refractivity contribution in [2.24, 2.45) is 5.92 Å². The van der Waals surface area contributed by atoms with Gasteiger partial charge < -0.3 is 10.8 Å². The highest BCUT2D eigenvalue weighted by Crippen LogP contribution is 2.19. The third kappa shape index (κ3) is 4.81. The smallest absolute Gasteiger partial charge is 0.242 e. The zero-order valence-corrected chi connectivity index (χ0v) is 12.2. The predicted octanol–water partition coefficient (Wildman–Crippen LogP) is 1.26. The molecule has 0 aromatic heterocycles. The maximum atomic E-state index is 12.0. The zero-order valence-electron chi connectivity index (χ0n) is 11.4. The Balaban J connectivity index is 2.61. The van der Waals surface area contributed by atoms with Crippen LogP contribution in [0.2, 0.25) is 0 Å². The van der Waals surface area contributed by atoms with Gasteiger partial charge in [0.05, 0.1) is 5.69 Å². The van der Waals surface area contributed by atoms with Gasteiger partial charge in [-0.25, -0.2) is 13.1 Å². The van der Waals surface area contributed by atoms with Gasteiger partial charge in [0.2, 0.25) is 10.0 Å². The number of nitrogens with one attached hydrogen (secondary N) is 1. The fraction of sp³-hybridized carbons (Fsp3) is 0.538. The largest absolute Gasteiger partial charge is 0.398 e. The maximum Gasteiger partial charge on any atom is 0.242 e. The monoisotopic (exact) mass is 286 g/mol. The van der Waals surface area contributed by atoms with E-state index < -0.39 is 10.0 Å². The summed E-state index contributed by atoms with van der Waals surface area (Å²) in [4.78, 5) is 0.119. The lowest BCUT2D eigenvalue weighted by Gasteiger charge is -2.11. The topological polar surface area (TPSA) is 92.4 Å². The van der Waals surface area contributed by atoms with Crippen molar-refractivity contribution >= 4 is 15.7 Å². The Labute approximate surface area is 114 Å². The molecule has 1 unspecified atom stereocenters. The molecule has 5 nitrogen and oxygen atoms in total. The van der Waals surface area contributed by atoms with Crippen LogP contribution in [0.3, 0.4) is 0 Å². The first kappa shape index (κ1) is 15.9. The Bertz CT molecular complexity index is 515. The van der Waals surface area contributed by atoms with Crippen molar-refractivity contribution in [3.8, 4) is 0 Å². The van der Waals surface area contributed by atoms with Crippen LogP contribution in [0.15, 0.2) is 23.1 Å². The number of rotatable bonds is 7. The van der Waals surface area contributed by atoms with Gasteiger partial charge in [-0.1, -0.05) is 13.0 Å². The third-order valence-corrected chi connectivity index (χ3v) is 4.47. The van der Waals surface area contributed by atoms with E-state index in [0.717, 1.165) is 12.0 Å². The van der Waals surface area contributed by atoms with Gasteiger partial charge in [0.25, 0.3) is 0 Å². The third-order valence-electron chi connectivity index (χ3n) is 2.93. The van der Waals surface area contributed by atoms with E-state index in [9.17, 15) is 8.42 Å². The lowest BCUT2D eigenvalue weighted by atomic mass is 10.1. The molecule has 19 heavy (non-hydrogen) atoms. The molecule has 1 rings (SSSR count). The summed E-state index contributed by atoms with van der Waals surface area (Å²) < 4.78 is 26.6. The Morgan fingerprint density at radius 3 is 2.68 bits per heavy atom. The second-order valence-corrected chi connectivity index (χ2v) is 6.60. The minimum atomic E-state index is -3.55. The molecule has 108 valence electrons. The van der Waals surface area contributed by atoms with Crippen molar-refractivity contribution in [2.75, 3.05) is 18.9 Å². The molecule has 0 heterocycles. The van der Waals surface area contributed by atoms with Gasteiger partial charge in [-0.05, 0) is 43.4 Å². The van der Waals surface area contributed by atoms with Crippen molar-refractivity contribution in [3.05, 3.63) is 23.8 Å². The molecule has 0 saturated carbocycles. The molecular formula is C13H22N2O3S. The van der Waals surface area contributed by atoms with E-state index in [1.807, 2.05) is 13.8 Å². The molecule has 0 saturated heterocycles. The van der Waals surface area contributed by atoms with Gasteiger partial charge in [0, 0.05) is 13.2 Å². The number of hydrogen-bond donors (Lipinski definition) is 3. The predicted molar refractivity (Wildman–Crippen MR) is 76.3 cm³/mol. The van der Waals surface area contributed by atoms with Gasteiger partial charge in [0.15, 0.2) is 0 Å². The maximum absolute atomic E-state index is 12.0. The van der Waals surface area contributed by atoms with Crippen molar-refractivity contribution < 1.29 is 13.5 Å². The van der Waals surface area contributed by atoms with Crippen LogP contribution in [0.5, 0.6) is 0 Å². The van der Waals surface area contributed by atoms with E-state index in [4.69, 9.17) is 10.8 Å². The zero-order chi connectivity index (χ0) is 14.5. The summed E-state index contributed by atoms with van der Waals surface area (Å²) in [5, 5.41) is 8.88. The van der Waals surface area contributed by atoms with Crippen molar-refractivity contribution in [3.63, 3.8) is 0 Å². The summed E-state index contributed by atoms with van der Waals surface area (Å²) in [6, 6.07) is 4.88. The van der Waals surface area contributed by atoms with Crippen LogP contribution in [0.4, 0.5) is 5.69 Å². The van der Waals surface area contributed by atoms with Crippen molar-refractivity contribution in [1.29, 1.82) is 0 Å². The fourth-order valence-electron chi connectivity index (χ4n) is 1.74. The Hall–Kier alpha value is -1.11. The summed E-state index contributed by atoms with van der Waals surface area (Å²) >= 11 is 0. The molecule has 6 heteroatoms.